The van der Waals surface area contributed by atoms with Crippen LogP contribution in [-0.2, 0) is 6.61 Å². The van der Waals surface area contributed by atoms with Crippen molar-refractivity contribution in [2.45, 2.75) is 13.5 Å². The number of ether oxygens (including phenoxy) is 2. The van der Waals surface area contributed by atoms with Crippen molar-refractivity contribution >= 4 is 23.5 Å². The van der Waals surface area contributed by atoms with Gasteiger partial charge >= 0.3 is 0 Å². The van der Waals surface area contributed by atoms with E-state index >= 15 is 0 Å². The number of benzene rings is 3. The lowest BCUT2D eigenvalue weighted by atomic mass is 10.1. The topological polar surface area (TPSA) is 55.8 Å². The van der Waals surface area contributed by atoms with Crippen LogP contribution in [0.15, 0.2) is 72.8 Å². The van der Waals surface area contributed by atoms with Gasteiger partial charge in [-0.25, -0.2) is 0 Å². The Bertz CT molecular complexity index is 1010. The van der Waals surface area contributed by atoms with Gasteiger partial charge in [-0.2, -0.15) is 0 Å². The summed E-state index contributed by atoms with van der Waals surface area (Å²) in [7, 11) is 0. The van der Waals surface area contributed by atoms with E-state index in [1.165, 1.54) is 12.1 Å². The van der Waals surface area contributed by atoms with Crippen LogP contribution in [0.1, 0.15) is 28.4 Å². The highest BCUT2D eigenvalue weighted by Crippen LogP contribution is 2.30. The van der Waals surface area contributed by atoms with Crippen LogP contribution in [0.25, 0.3) is 6.08 Å². The summed E-state index contributed by atoms with van der Waals surface area (Å²) in [5.74, 6) is 0.424. The van der Waals surface area contributed by atoms with Gasteiger partial charge < -0.3 is 14.6 Å². The fourth-order valence-electron chi connectivity index (χ4n) is 2.81. The fraction of sp³-hybridized carbons (Fsp3) is 0.125. The van der Waals surface area contributed by atoms with Crippen LogP contribution in [0, 0.1) is 0 Å². The van der Waals surface area contributed by atoms with Crippen molar-refractivity contribution in [2.24, 2.45) is 0 Å². The number of carbonyl (C=O) groups is 1. The molecule has 0 fully saturated rings. The second-order valence-corrected chi connectivity index (χ2v) is 6.67. The monoisotopic (exact) mass is 408 g/mol. The molecule has 0 heterocycles. The van der Waals surface area contributed by atoms with Gasteiger partial charge in [0.15, 0.2) is 5.78 Å². The SMILES string of the molecule is CCOc1ccc(Cl)cc1/C=C/C(=O)c1c(O)cccc1OCc1ccccc1. The van der Waals surface area contributed by atoms with Crippen LogP contribution < -0.4 is 9.47 Å². The summed E-state index contributed by atoms with van der Waals surface area (Å²) in [5, 5.41) is 10.8. The maximum Gasteiger partial charge on any atom is 0.193 e. The number of phenolic OH excluding ortho intramolecular Hbond substituents is 1. The Balaban J connectivity index is 1.84. The average molecular weight is 409 g/mol. The van der Waals surface area contributed by atoms with E-state index in [0.29, 0.717) is 28.7 Å². The molecule has 3 aromatic rings. The third-order valence-electron chi connectivity index (χ3n) is 4.17. The summed E-state index contributed by atoms with van der Waals surface area (Å²) < 4.78 is 11.4. The van der Waals surface area contributed by atoms with Crippen LogP contribution in [0.3, 0.4) is 0 Å². The second-order valence-electron chi connectivity index (χ2n) is 6.24. The molecule has 1 N–H and O–H groups in total. The first-order valence-electron chi connectivity index (χ1n) is 9.22. The number of aromatic hydroxyl groups is 1. The van der Waals surface area contributed by atoms with Gasteiger partial charge in [0.1, 0.15) is 29.4 Å². The first-order valence-corrected chi connectivity index (χ1v) is 9.59. The maximum atomic E-state index is 12.8. The molecule has 0 aliphatic rings. The normalized spacial score (nSPS) is 10.8. The molecule has 0 aliphatic carbocycles. The highest BCUT2D eigenvalue weighted by atomic mass is 35.5. The van der Waals surface area contributed by atoms with Gasteiger partial charge in [0, 0.05) is 10.6 Å². The van der Waals surface area contributed by atoms with Crippen LogP contribution >= 0.6 is 11.6 Å². The highest BCUT2D eigenvalue weighted by Gasteiger charge is 2.16. The lowest BCUT2D eigenvalue weighted by molar-refractivity contribution is 0.104. The quantitative estimate of drug-likeness (QED) is 0.371. The number of ketones is 1. The first-order chi connectivity index (χ1) is 14.1. The largest absolute Gasteiger partial charge is 0.507 e. The Morgan fingerprint density at radius 1 is 1.00 bits per heavy atom. The predicted octanol–water partition coefficient (Wildman–Crippen LogP) is 5.92. The van der Waals surface area contributed by atoms with E-state index in [-0.39, 0.29) is 23.7 Å². The van der Waals surface area contributed by atoms with Gasteiger partial charge in [-0.15, -0.1) is 0 Å². The van der Waals surface area contributed by atoms with Crippen molar-refractivity contribution in [3.8, 4) is 17.2 Å². The van der Waals surface area contributed by atoms with Gasteiger partial charge in [0.05, 0.1) is 6.61 Å². The lowest BCUT2D eigenvalue weighted by Gasteiger charge is -2.11. The summed E-state index contributed by atoms with van der Waals surface area (Å²) >= 11 is 6.06. The Labute approximate surface area is 175 Å². The van der Waals surface area contributed by atoms with Gasteiger partial charge in [-0.3, -0.25) is 4.79 Å². The van der Waals surface area contributed by atoms with E-state index in [1.807, 2.05) is 37.3 Å². The van der Waals surface area contributed by atoms with Crippen LogP contribution in [-0.4, -0.2) is 17.5 Å². The number of rotatable bonds is 8. The minimum Gasteiger partial charge on any atom is -0.507 e. The van der Waals surface area contributed by atoms with Crippen molar-refractivity contribution in [3.63, 3.8) is 0 Å². The summed E-state index contributed by atoms with van der Waals surface area (Å²) in [6, 6.07) is 19.6. The third kappa shape index (κ3) is 5.39. The number of halogens is 1. The van der Waals surface area contributed by atoms with Crippen molar-refractivity contribution in [2.75, 3.05) is 6.61 Å². The molecule has 29 heavy (non-hydrogen) atoms. The first kappa shape index (κ1) is 20.5. The van der Waals surface area contributed by atoms with E-state index in [0.717, 1.165) is 5.56 Å². The number of phenols is 1. The van der Waals surface area contributed by atoms with Gasteiger partial charge in [-0.05, 0) is 55.0 Å². The van der Waals surface area contributed by atoms with E-state index in [4.69, 9.17) is 21.1 Å². The molecule has 0 spiro atoms. The number of allylic oxidation sites excluding steroid dienone is 1. The van der Waals surface area contributed by atoms with Gasteiger partial charge in [0.25, 0.3) is 0 Å². The van der Waals surface area contributed by atoms with Gasteiger partial charge in [0.2, 0.25) is 0 Å². The highest BCUT2D eigenvalue weighted by molar-refractivity contribution is 6.30. The minimum absolute atomic E-state index is 0.111. The summed E-state index contributed by atoms with van der Waals surface area (Å²) in [6.07, 6.45) is 2.99. The molecule has 148 valence electrons. The fourth-order valence-corrected chi connectivity index (χ4v) is 2.99. The second kappa shape index (κ2) is 9.80. The van der Waals surface area contributed by atoms with Crippen LogP contribution in [0.4, 0.5) is 0 Å². The summed E-state index contributed by atoms with van der Waals surface area (Å²) in [5.41, 5.74) is 1.75. The number of carbonyl (C=O) groups excluding carboxylic acids is 1. The molecule has 0 aromatic heterocycles. The minimum atomic E-state index is -0.381. The molecule has 0 radical (unpaired) electrons. The van der Waals surface area contributed by atoms with E-state index in [1.54, 1.807) is 36.4 Å². The molecule has 0 saturated carbocycles. The van der Waals surface area contributed by atoms with E-state index in [9.17, 15) is 9.90 Å². The van der Waals surface area contributed by atoms with E-state index in [2.05, 4.69) is 0 Å². The Morgan fingerprint density at radius 2 is 1.79 bits per heavy atom. The molecule has 3 rings (SSSR count). The zero-order chi connectivity index (χ0) is 20.6. The number of hydrogen-bond donors (Lipinski definition) is 1. The van der Waals surface area contributed by atoms with Gasteiger partial charge in [-0.1, -0.05) is 48.0 Å². The standard InChI is InChI=1S/C24H21ClO4/c1-2-28-22-14-12-19(25)15-18(22)11-13-21(27)24-20(26)9-6-10-23(24)29-16-17-7-4-3-5-8-17/h3-15,26H,2,16H2,1H3/b13-11+. The van der Waals surface area contributed by atoms with Crippen molar-refractivity contribution < 1.29 is 19.4 Å². The Morgan fingerprint density at radius 3 is 2.55 bits per heavy atom. The Hall–Kier alpha value is -3.24. The third-order valence-corrected chi connectivity index (χ3v) is 4.41. The molecule has 5 heteroatoms. The van der Waals surface area contributed by atoms with E-state index < -0.39 is 0 Å². The molecule has 3 aromatic carbocycles. The molecule has 0 unspecified atom stereocenters. The molecule has 0 amide bonds. The van der Waals surface area contributed by atoms with Crippen molar-refractivity contribution in [3.05, 3.63) is 94.5 Å². The van der Waals surface area contributed by atoms with Crippen LogP contribution in [0.2, 0.25) is 5.02 Å². The Kier molecular flexibility index (Phi) is 6.93. The molecular formula is C24H21ClO4. The summed E-state index contributed by atoms with van der Waals surface area (Å²) in [6.45, 7) is 2.66. The summed E-state index contributed by atoms with van der Waals surface area (Å²) in [4.78, 5) is 12.8. The average Bonchev–Trinajstić information content (AvgIpc) is 2.73. The van der Waals surface area contributed by atoms with Crippen molar-refractivity contribution in [1.29, 1.82) is 0 Å². The molecule has 0 saturated heterocycles. The zero-order valence-corrected chi connectivity index (χ0v) is 16.7. The molecule has 0 aliphatic heterocycles. The van der Waals surface area contributed by atoms with Crippen molar-refractivity contribution in [1.82, 2.24) is 0 Å². The molecular weight excluding hydrogens is 388 g/mol. The lowest BCUT2D eigenvalue weighted by Crippen LogP contribution is -2.03. The van der Waals surface area contributed by atoms with Crippen LogP contribution in [0.5, 0.6) is 17.2 Å². The molecule has 4 nitrogen and oxygen atoms in total. The smallest absolute Gasteiger partial charge is 0.193 e. The maximum absolute atomic E-state index is 12.8. The predicted molar refractivity (Wildman–Crippen MR) is 115 cm³/mol. The zero-order valence-electron chi connectivity index (χ0n) is 16.0. The molecule has 0 bridgehead atoms. The molecule has 0 atom stereocenters. The number of hydrogen-bond acceptors (Lipinski definition) is 4.